The van der Waals surface area contributed by atoms with Gasteiger partial charge in [-0.2, -0.15) is 13.2 Å². The Kier molecular flexibility index (Phi) is 8.39. The van der Waals surface area contributed by atoms with Gasteiger partial charge in [-0.05, 0) is 41.8 Å². The molecule has 0 aliphatic carbocycles. The second-order valence-corrected chi connectivity index (χ2v) is 9.46. The molecule has 0 bridgehead atoms. The molecule has 2 aromatic rings. The van der Waals surface area contributed by atoms with E-state index in [9.17, 15) is 27.6 Å². The summed E-state index contributed by atoms with van der Waals surface area (Å²) < 4.78 is 43.7. The molecule has 2 N–H and O–H groups in total. The molecular formula is C23H21F3N2O5S2. The zero-order valence-electron chi connectivity index (χ0n) is 18.4. The molecule has 0 saturated carbocycles. The quantitative estimate of drug-likeness (QED) is 0.479. The van der Waals surface area contributed by atoms with Crippen molar-refractivity contribution in [1.82, 2.24) is 10.2 Å². The van der Waals surface area contributed by atoms with E-state index in [0.29, 0.717) is 21.2 Å². The number of hydrogen-bond acceptors (Lipinski definition) is 6. The van der Waals surface area contributed by atoms with Crippen LogP contribution in [-0.4, -0.2) is 51.0 Å². The van der Waals surface area contributed by atoms with Gasteiger partial charge < -0.3 is 15.2 Å². The van der Waals surface area contributed by atoms with Crippen molar-refractivity contribution in [1.29, 1.82) is 0 Å². The average Bonchev–Trinajstić information content (AvgIpc) is 3.07. The zero-order chi connectivity index (χ0) is 25.8. The van der Waals surface area contributed by atoms with Crippen LogP contribution in [0.3, 0.4) is 0 Å². The molecule has 1 unspecified atom stereocenters. The fourth-order valence-corrected chi connectivity index (χ4v) is 4.99. The molecule has 1 aliphatic rings. The van der Waals surface area contributed by atoms with Gasteiger partial charge in [-0.15, -0.1) is 0 Å². The van der Waals surface area contributed by atoms with Gasteiger partial charge in [0, 0.05) is 13.1 Å². The van der Waals surface area contributed by atoms with Crippen molar-refractivity contribution in [2.75, 3.05) is 13.7 Å². The molecule has 1 fully saturated rings. The first kappa shape index (κ1) is 26.5. The minimum absolute atomic E-state index is 0.00326. The Bertz CT molecular complexity index is 1140. The molecule has 7 nitrogen and oxygen atoms in total. The summed E-state index contributed by atoms with van der Waals surface area (Å²) in [5.74, 6) is -1.52. The summed E-state index contributed by atoms with van der Waals surface area (Å²) in [5, 5.41) is 11.0. The normalized spacial score (nSPS) is 15.9. The lowest BCUT2D eigenvalue weighted by molar-refractivity contribution is -0.138. The molecule has 1 aliphatic heterocycles. The lowest BCUT2D eigenvalue weighted by atomic mass is 10.0. The number of amides is 2. The molecule has 0 radical (unpaired) electrons. The van der Waals surface area contributed by atoms with Crippen LogP contribution in [0.1, 0.15) is 33.5 Å². The van der Waals surface area contributed by atoms with Gasteiger partial charge in [-0.25, -0.2) is 0 Å². The molecule has 12 heteroatoms. The summed E-state index contributed by atoms with van der Waals surface area (Å²) in [6.45, 7) is 0.00480. The number of ether oxygens (including phenoxy) is 1. The van der Waals surface area contributed by atoms with Gasteiger partial charge in [0.2, 0.25) is 5.91 Å². The number of nitrogens with one attached hydrogen (secondary N) is 1. The third-order valence-electron chi connectivity index (χ3n) is 5.22. The highest BCUT2D eigenvalue weighted by atomic mass is 32.2. The summed E-state index contributed by atoms with van der Waals surface area (Å²) in [6, 6.07) is 9.36. The van der Waals surface area contributed by atoms with Crippen LogP contribution in [0.15, 0.2) is 42.5 Å². The summed E-state index contributed by atoms with van der Waals surface area (Å²) in [4.78, 5) is 37.6. The zero-order valence-corrected chi connectivity index (χ0v) is 20.1. The monoisotopic (exact) mass is 526 g/mol. The number of alkyl halides is 3. The highest BCUT2D eigenvalue weighted by Crippen LogP contribution is 2.32. The van der Waals surface area contributed by atoms with Crippen molar-refractivity contribution in [3.8, 4) is 5.75 Å². The summed E-state index contributed by atoms with van der Waals surface area (Å²) >= 11 is 6.37. The lowest BCUT2D eigenvalue weighted by Crippen LogP contribution is -2.33. The first-order chi connectivity index (χ1) is 16.5. The molecule has 1 atom stereocenters. The van der Waals surface area contributed by atoms with Crippen molar-refractivity contribution in [2.24, 2.45) is 0 Å². The number of aliphatic carboxylic acids is 1. The number of rotatable bonds is 9. The molecule has 0 spiro atoms. The first-order valence-electron chi connectivity index (χ1n) is 10.3. The van der Waals surface area contributed by atoms with E-state index in [4.69, 9.17) is 22.1 Å². The van der Waals surface area contributed by atoms with Crippen LogP contribution < -0.4 is 10.1 Å². The van der Waals surface area contributed by atoms with Gasteiger partial charge in [0.05, 0.1) is 29.9 Å². The molecule has 2 aromatic carbocycles. The van der Waals surface area contributed by atoms with Crippen LogP contribution in [-0.2, 0) is 28.7 Å². The molecule has 1 saturated heterocycles. The predicted molar refractivity (Wildman–Crippen MR) is 127 cm³/mol. The maximum absolute atomic E-state index is 12.8. The van der Waals surface area contributed by atoms with Crippen LogP contribution >= 0.6 is 24.0 Å². The maximum atomic E-state index is 12.8. The van der Waals surface area contributed by atoms with Crippen molar-refractivity contribution in [3.05, 3.63) is 64.7 Å². The number of benzene rings is 2. The van der Waals surface area contributed by atoms with Crippen LogP contribution in [0.2, 0.25) is 0 Å². The van der Waals surface area contributed by atoms with E-state index >= 15 is 0 Å². The van der Waals surface area contributed by atoms with Gasteiger partial charge >= 0.3 is 12.1 Å². The Morgan fingerprint density at radius 1 is 1.17 bits per heavy atom. The SMILES string of the molecule is COc1ccc(CC2SC(=S)N(CCC(=O)O)C2=O)cc1C(=O)NCc1ccc(C(F)(F)F)cc1. The number of thioether (sulfide) groups is 1. The maximum Gasteiger partial charge on any atom is 0.416 e. The van der Waals surface area contributed by atoms with Crippen LogP contribution in [0.25, 0.3) is 0 Å². The highest BCUT2D eigenvalue weighted by Gasteiger charge is 2.37. The fourth-order valence-electron chi connectivity index (χ4n) is 3.40. The molecule has 0 aromatic heterocycles. The number of nitrogens with zero attached hydrogens (tertiary/aromatic N) is 1. The third-order valence-corrected chi connectivity index (χ3v) is 6.80. The van der Waals surface area contributed by atoms with Crippen molar-refractivity contribution in [3.63, 3.8) is 0 Å². The Morgan fingerprint density at radius 2 is 1.83 bits per heavy atom. The van der Waals surface area contributed by atoms with E-state index in [1.807, 2.05) is 0 Å². The van der Waals surface area contributed by atoms with Crippen molar-refractivity contribution < 1.29 is 37.4 Å². The number of methoxy groups -OCH3 is 1. The Hall–Kier alpha value is -3.12. The second kappa shape index (κ2) is 11.1. The van der Waals surface area contributed by atoms with E-state index in [0.717, 1.165) is 12.1 Å². The van der Waals surface area contributed by atoms with Gasteiger partial charge in [-0.1, -0.05) is 42.2 Å². The number of carboxylic acid groups (broad SMARTS) is 1. The van der Waals surface area contributed by atoms with Crippen LogP contribution in [0.5, 0.6) is 5.75 Å². The fraction of sp³-hybridized carbons (Fsp3) is 0.304. The third kappa shape index (κ3) is 6.73. The molecule has 1 heterocycles. The minimum Gasteiger partial charge on any atom is -0.496 e. The number of halogens is 3. The number of hydrogen-bond donors (Lipinski definition) is 2. The topological polar surface area (TPSA) is 95.9 Å². The number of carbonyl (C=O) groups excluding carboxylic acids is 2. The number of thiocarbonyl (C=S) groups is 1. The van der Waals surface area contributed by atoms with E-state index in [1.54, 1.807) is 18.2 Å². The van der Waals surface area contributed by atoms with Crippen LogP contribution in [0.4, 0.5) is 13.2 Å². The highest BCUT2D eigenvalue weighted by molar-refractivity contribution is 8.24. The second-order valence-electron chi connectivity index (χ2n) is 7.62. The molecule has 2 amide bonds. The van der Waals surface area contributed by atoms with Crippen molar-refractivity contribution in [2.45, 2.75) is 30.8 Å². The Balaban J connectivity index is 1.68. The van der Waals surface area contributed by atoms with Crippen LogP contribution in [0, 0.1) is 0 Å². The van der Waals surface area contributed by atoms with Gasteiger partial charge in [0.15, 0.2) is 0 Å². The minimum atomic E-state index is -4.44. The Labute approximate surface area is 208 Å². The Morgan fingerprint density at radius 3 is 2.43 bits per heavy atom. The molecular weight excluding hydrogens is 505 g/mol. The largest absolute Gasteiger partial charge is 0.496 e. The predicted octanol–water partition coefficient (Wildman–Crippen LogP) is 3.89. The molecule has 35 heavy (non-hydrogen) atoms. The van der Waals surface area contributed by atoms with E-state index < -0.39 is 28.9 Å². The van der Waals surface area contributed by atoms with E-state index in [2.05, 4.69) is 5.32 Å². The van der Waals surface area contributed by atoms with E-state index in [-0.39, 0.29) is 37.4 Å². The van der Waals surface area contributed by atoms with E-state index in [1.165, 1.54) is 35.9 Å². The lowest BCUT2D eigenvalue weighted by Gasteiger charge is -2.15. The summed E-state index contributed by atoms with van der Waals surface area (Å²) in [6.07, 6.45) is -4.40. The average molecular weight is 527 g/mol. The summed E-state index contributed by atoms with van der Waals surface area (Å²) in [5.41, 5.74) is 0.587. The number of carbonyl (C=O) groups is 3. The van der Waals surface area contributed by atoms with Gasteiger partial charge in [0.1, 0.15) is 10.1 Å². The summed E-state index contributed by atoms with van der Waals surface area (Å²) in [7, 11) is 1.40. The van der Waals surface area contributed by atoms with Gasteiger partial charge in [0.25, 0.3) is 5.91 Å². The molecule has 3 rings (SSSR count). The standard InChI is InChI=1S/C23H21F3N2O5S2/c1-33-17-7-4-14(11-18-21(32)28(22(34)35-18)9-8-19(29)30)10-16(17)20(31)27-12-13-2-5-15(6-3-13)23(24,25)26/h2-7,10,18H,8-9,11-12H2,1H3,(H,27,31)(H,29,30). The molecule has 186 valence electrons. The van der Waals surface area contributed by atoms with Gasteiger partial charge in [-0.3, -0.25) is 19.3 Å². The smallest absolute Gasteiger partial charge is 0.416 e. The first-order valence-corrected chi connectivity index (χ1v) is 11.6. The number of carboxylic acids is 1. The van der Waals surface area contributed by atoms with Crippen molar-refractivity contribution >= 4 is 46.1 Å².